The molecule has 11 heteroatoms. The van der Waals surface area contributed by atoms with Crippen molar-refractivity contribution in [1.82, 2.24) is 20.0 Å². The lowest BCUT2D eigenvalue weighted by molar-refractivity contribution is -0.116. The molecule has 2 N–H and O–H groups in total. The summed E-state index contributed by atoms with van der Waals surface area (Å²) >= 11 is 1.49. The Kier molecular flexibility index (Phi) is 3.96. The van der Waals surface area contributed by atoms with Gasteiger partial charge in [-0.1, -0.05) is 5.21 Å². The number of sulfonamides is 1. The summed E-state index contributed by atoms with van der Waals surface area (Å²) in [5, 5.41) is 10.1. The van der Waals surface area contributed by atoms with Crippen molar-refractivity contribution in [3.63, 3.8) is 0 Å². The first-order valence-electron chi connectivity index (χ1n) is 6.40. The summed E-state index contributed by atoms with van der Waals surface area (Å²) in [7, 11) is -3.43. The first-order valence-corrected chi connectivity index (χ1v) is 9.17. The van der Waals surface area contributed by atoms with Crippen LogP contribution in [0.2, 0.25) is 0 Å². The summed E-state index contributed by atoms with van der Waals surface area (Å²) in [6.45, 7) is -0.0842. The molecule has 0 fully saturated rings. The largest absolute Gasteiger partial charge is 0.324 e. The third kappa shape index (κ3) is 4.02. The van der Waals surface area contributed by atoms with Gasteiger partial charge in [0.1, 0.15) is 6.54 Å². The maximum absolute atomic E-state index is 12.0. The molecule has 0 aliphatic heterocycles. The Bertz CT molecular complexity index is 962. The van der Waals surface area contributed by atoms with Crippen LogP contribution < -0.4 is 10.0 Å². The minimum Gasteiger partial charge on any atom is -0.324 e. The van der Waals surface area contributed by atoms with Crippen molar-refractivity contribution >= 4 is 49.0 Å². The molecule has 9 nitrogen and oxygen atoms in total. The first kappa shape index (κ1) is 15.4. The van der Waals surface area contributed by atoms with Gasteiger partial charge in [0.2, 0.25) is 15.9 Å². The molecule has 120 valence electrons. The third-order valence-electron chi connectivity index (χ3n) is 2.75. The van der Waals surface area contributed by atoms with Crippen LogP contribution in [-0.4, -0.2) is 40.6 Å². The molecule has 1 aromatic carbocycles. The first-order chi connectivity index (χ1) is 10.9. The SMILES string of the molecule is CS(=O)(=O)Nc1cn(CC(=O)Nc2ccc3ncsc3c2)nn1. The number of benzene rings is 1. The average Bonchev–Trinajstić information content (AvgIpc) is 3.05. The molecule has 0 spiro atoms. The molecule has 1 amide bonds. The lowest BCUT2D eigenvalue weighted by Crippen LogP contribution is -2.19. The van der Waals surface area contributed by atoms with E-state index in [1.807, 2.05) is 12.1 Å². The van der Waals surface area contributed by atoms with Gasteiger partial charge in [-0.15, -0.1) is 16.4 Å². The molecular formula is C12H12N6O3S2. The molecule has 2 aromatic heterocycles. The third-order valence-corrected chi connectivity index (χ3v) is 4.12. The van der Waals surface area contributed by atoms with Crippen LogP contribution in [0.5, 0.6) is 0 Å². The number of anilines is 2. The highest BCUT2D eigenvalue weighted by molar-refractivity contribution is 7.92. The Morgan fingerprint density at radius 3 is 3.00 bits per heavy atom. The highest BCUT2D eigenvalue weighted by Crippen LogP contribution is 2.21. The van der Waals surface area contributed by atoms with E-state index in [9.17, 15) is 13.2 Å². The molecule has 0 aliphatic rings. The molecule has 2 heterocycles. The van der Waals surface area contributed by atoms with Gasteiger partial charge in [-0.3, -0.25) is 9.52 Å². The van der Waals surface area contributed by atoms with Crippen LogP contribution in [-0.2, 0) is 21.4 Å². The number of carbonyl (C=O) groups is 1. The van der Waals surface area contributed by atoms with Crippen molar-refractivity contribution in [2.45, 2.75) is 6.54 Å². The fraction of sp³-hybridized carbons (Fsp3) is 0.167. The number of hydrogen-bond acceptors (Lipinski definition) is 7. The molecule has 0 saturated heterocycles. The summed E-state index contributed by atoms with van der Waals surface area (Å²) in [5.74, 6) is -0.240. The van der Waals surface area contributed by atoms with Crippen LogP contribution >= 0.6 is 11.3 Å². The number of nitrogens with one attached hydrogen (secondary N) is 2. The second kappa shape index (κ2) is 5.93. The van der Waals surface area contributed by atoms with Gasteiger partial charge in [-0.2, -0.15) is 0 Å². The van der Waals surface area contributed by atoms with E-state index in [4.69, 9.17) is 0 Å². The molecule has 0 unspecified atom stereocenters. The van der Waals surface area contributed by atoms with Crippen molar-refractivity contribution in [2.75, 3.05) is 16.3 Å². The van der Waals surface area contributed by atoms with Crippen molar-refractivity contribution < 1.29 is 13.2 Å². The fourth-order valence-corrected chi connectivity index (χ4v) is 3.08. The Balaban J connectivity index is 1.65. The number of hydrogen-bond donors (Lipinski definition) is 2. The monoisotopic (exact) mass is 352 g/mol. The van der Waals surface area contributed by atoms with Crippen LogP contribution in [0.3, 0.4) is 0 Å². The minimum absolute atomic E-state index is 0.0615. The Labute approximate surface area is 135 Å². The topological polar surface area (TPSA) is 119 Å². The zero-order valence-electron chi connectivity index (χ0n) is 11.9. The average molecular weight is 352 g/mol. The van der Waals surface area contributed by atoms with Gasteiger partial charge in [0.25, 0.3) is 0 Å². The van der Waals surface area contributed by atoms with Crippen molar-refractivity contribution in [2.24, 2.45) is 0 Å². The van der Waals surface area contributed by atoms with Crippen LogP contribution in [0.4, 0.5) is 11.5 Å². The van der Waals surface area contributed by atoms with E-state index in [0.29, 0.717) is 5.69 Å². The highest BCUT2D eigenvalue weighted by Gasteiger charge is 2.09. The van der Waals surface area contributed by atoms with E-state index in [1.54, 1.807) is 11.6 Å². The number of nitrogens with zero attached hydrogens (tertiary/aromatic N) is 4. The van der Waals surface area contributed by atoms with Gasteiger partial charge in [0, 0.05) is 5.69 Å². The Morgan fingerprint density at radius 2 is 2.22 bits per heavy atom. The van der Waals surface area contributed by atoms with Gasteiger partial charge in [0.05, 0.1) is 28.2 Å². The minimum atomic E-state index is -3.43. The van der Waals surface area contributed by atoms with Gasteiger partial charge in [-0.25, -0.2) is 18.1 Å². The normalized spacial score (nSPS) is 11.5. The Morgan fingerprint density at radius 1 is 1.39 bits per heavy atom. The molecule has 0 bridgehead atoms. The molecule has 0 saturated carbocycles. The summed E-state index contributed by atoms with van der Waals surface area (Å²) in [6, 6.07) is 5.42. The molecule has 3 rings (SSSR count). The quantitative estimate of drug-likeness (QED) is 0.704. The molecular weight excluding hydrogens is 340 g/mol. The number of thiazole rings is 1. The van der Waals surface area contributed by atoms with Gasteiger partial charge < -0.3 is 5.32 Å². The standard InChI is InChI=1S/C12H12N6O3S2/c1-23(20,21)16-11-5-18(17-15-11)6-12(19)14-8-2-3-9-10(4-8)22-7-13-9/h2-5,7,16H,6H2,1H3,(H,14,19). The number of carbonyl (C=O) groups excluding carboxylic acids is 1. The van der Waals surface area contributed by atoms with E-state index >= 15 is 0 Å². The molecule has 0 atom stereocenters. The highest BCUT2D eigenvalue weighted by atomic mass is 32.2. The van der Waals surface area contributed by atoms with E-state index in [1.165, 1.54) is 22.2 Å². The smallest absolute Gasteiger partial charge is 0.246 e. The van der Waals surface area contributed by atoms with Crippen molar-refractivity contribution in [1.29, 1.82) is 0 Å². The van der Waals surface area contributed by atoms with E-state index < -0.39 is 10.0 Å². The number of aromatic nitrogens is 4. The van der Waals surface area contributed by atoms with E-state index in [0.717, 1.165) is 16.5 Å². The van der Waals surface area contributed by atoms with E-state index in [2.05, 4.69) is 25.3 Å². The van der Waals surface area contributed by atoms with Crippen LogP contribution in [0.25, 0.3) is 10.2 Å². The zero-order chi connectivity index (χ0) is 16.4. The second-order valence-corrected chi connectivity index (χ2v) is 7.39. The van der Waals surface area contributed by atoms with Gasteiger partial charge in [-0.05, 0) is 18.2 Å². The summed E-state index contributed by atoms with van der Waals surface area (Å²) < 4.78 is 26.6. The van der Waals surface area contributed by atoms with Crippen LogP contribution in [0.15, 0.2) is 29.9 Å². The maximum atomic E-state index is 12.0. The lowest BCUT2D eigenvalue weighted by Gasteiger charge is -2.04. The predicted molar refractivity (Wildman–Crippen MR) is 86.7 cm³/mol. The molecule has 0 radical (unpaired) electrons. The number of rotatable bonds is 5. The lowest BCUT2D eigenvalue weighted by atomic mass is 10.3. The Hall–Kier alpha value is -2.53. The summed E-state index contributed by atoms with van der Waals surface area (Å²) in [6.07, 6.45) is 2.35. The predicted octanol–water partition coefficient (Wildman–Crippen LogP) is 0.898. The van der Waals surface area contributed by atoms with Crippen LogP contribution in [0, 0.1) is 0 Å². The van der Waals surface area contributed by atoms with Crippen molar-refractivity contribution in [3.05, 3.63) is 29.9 Å². The van der Waals surface area contributed by atoms with Gasteiger partial charge in [0.15, 0.2) is 5.82 Å². The number of fused-ring (bicyclic) bond motifs is 1. The molecule has 0 aliphatic carbocycles. The maximum Gasteiger partial charge on any atom is 0.246 e. The number of amides is 1. The van der Waals surface area contributed by atoms with E-state index in [-0.39, 0.29) is 18.3 Å². The fourth-order valence-electron chi connectivity index (χ4n) is 1.89. The van der Waals surface area contributed by atoms with Gasteiger partial charge >= 0.3 is 0 Å². The molecule has 3 aromatic rings. The molecule has 23 heavy (non-hydrogen) atoms. The van der Waals surface area contributed by atoms with Crippen molar-refractivity contribution in [3.8, 4) is 0 Å². The van der Waals surface area contributed by atoms with Crippen LogP contribution in [0.1, 0.15) is 0 Å². The second-order valence-electron chi connectivity index (χ2n) is 4.76. The zero-order valence-corrected chi connectivity index (χ0v) is 13.6. The summed E-state index contributed by atoms with van der Waals surface area (Å²) in [5.41, 5.74) is 3.27. The summed E-state index contributed by atoms with van der Waals surface area (Å²) in [4.78, 5) is 16.2.